The minimum absolute atomic E-state index is 0.00530. The number of fused-ring (bicyclic) bond motifs is 1. The zero-order valence-corrected chi connectivity index (χ0v) is 16.5. The van der Waals surface area contributed by atoms with Gasteiger partial charge in [-0.2, -0.15) is 0 Å². The summed E-state index contributed by atoms with van der Waals surface area (Å²) in [6.07, 6.45) is -0.291. The van der Waals surface area contributed by atoms with Crippen LogP contribution >= 0.6 is 0 Å². The first-order valence-electron chi connectivity index (χ1n) is 8.29. The maximum absolute atomic E-state index is 12.5. The minimum atomic E-state index is -3.80. The predicted octanol–water partition coefficient (Wildman–Crippen LogP) is 0.574. The van der Waals surface area contributed by atoms with E-state index >= 15 is 0 Å². The molecule has 0 saturated heterocycles. The summed E-state index contributed by atoms with van der Waals surface area (Å²) in [5.41, 5.74) is 1.04. The number of carbonyl (C=O) groups is 1. The van der Waals surface area contributed by atoms with E-state index in [1.165, 1.54) is 30.3 Å². The highest BCUT2D eigenvalue weighted by molar-refractivity contribution is 7.89. The van der Waals surface area contributed by atoms with Gasteiger partial charge in [0.2, 0.25) is 20.0 Å². The molecule has 1 atom stereocenters. The number of nitrogens with one attached hydrogen (secondary N) is 2. The molecule has 1 unspecified atom stereocenters. The van der Waals surface area contributed by atoms with Crippen LogP contribution in [0.3, 0.4) is 0 Å². The number of carbonyl (C=O) groups excluding carboxylic acids is 1. The molecule has 0 saturated carbocycles. The average molecular weight is 425 g/mol. The lowest BCUT2D eigenvalue weighted by Crippen LogP contribution is -2.34. The number of sulfonamides is 2. The van der Waals surface area contributed by atoms with Gasteiger partial charge in [0.25, 0.3) is 5.91 Å². The Kier molecular flexibility index (Phi) is 5.44. The second kappa shape index (κ2) is 7.51. The quantitative estimate of drug-likeness (QED) is 0.617. The lowest BCUT2D eigenvalue weighted by Gasteiger charge is -2.23. The Balaban J connectivity index is 1.66. The molecule has 4 N–H and O–H groups in total. The van der Waals surface area contributed by atoms with Crippen LogP contribution in [0, 0.1) is 0 Å². The summed E-state index contributed by atoms with van der Waals surface area (Å²) in [4.78, 5) is 11.7. The second-order valence-electron chi connectivity index (χ2n) is 6.24. The molecule has 0 aromatic heterocycles. The maximum Gasteiger partial charge on any atom is 0.265 e. The van der Waals surface area contributed by atoms with Crippen LogP contribution in [0.5, 0.6) is 5.75 Å². The van der Waals surface area contributed by atoms with Crippen LogP contribution in [0.25, 0.3) is 0 Å². The minimum Gasteiger partial charge on any atom is -0.479 e. The van der Waals surface area contributed by atoms with Crippen molar-refractivity contribution in [3.63, 3.8) is 0 Å². The number of benzene rings is 2. The molecule has 0 aliphatic carbocycles. The molecule has 0 fully saturated rings. The van der Waals surface area contributed by atoms with Gasteiger partial charge < -0.3 is 10.1 Å². The van der Waals surface area contributed by atoms with E-state index in [0.29, 0.717) is 17.9 Å². The van der Waals surface area contributed by atoms with Gasteiger partial charge in [-0.3, -0.25) is 4.79 Å². The molecule has 0 radical (unpaired) electrons. The zero-order valence-electron chi connectivity index (χ0n) is 14.9. The Morgan fingerprint density at radius 1 is 1.07 bits per heavy atom. The summed E-state index contributed by atoms with van der Waals surface area (Å²) < 4.78 is 55.3. The summed E-state index contributed by atoms with van der Waals surface area (Å²) >= 11 is 0. The number of anilines is 1. The highest BCUT2D eigenvalue weighted by Crippen LogP contribution is 2.31. The summed E-state index contributed by atoms with van der Waals surface area (Å²) in [5.74, 6) is 0.0546. The molecule has 2 aromatic rings. The molecule has 1 amide bonds. The maximum atomic E-state index is 12.5. The Morgan fingerprint density at radius 2 is 1.71 bits per heavy atom. The van der Waals surface area contributed by atoms with Crippen molar-refractivity contribution < 1.29 is 26.4 Å². The fourth-order valence-electron chi connectivity index (χ4n) is 2.61. The molecule has 2 aromatic carbocycles. The number of ether oxygens (including phenoxy) is 1. The Bertz CT molecular complexity index is 1110. The molecule has 150 valence electrons. The van der Waals surface area contributed by atoms with E-state index in [-0.39, 0.29) is 22.2 Å². The fraction of sp³-hybridized carbons (Fsp3) is 0.235. The fourth-order valence-corrected chi connectivity index (χ4v) is 4.19. The lowest BCUT2D eigenvalue weighted by molar-refractivity contribution is -0.122. The molecule has 1 aliphatic rings. The van der Waals surface area contributed by atoms with Crippen LogP contribution < -0.4 is 19.9 Å². The van der Waals surface area contributed by atoms with E-state index in [9.17, 15) is 21.6 Å². The van der Waals surface area contributed by atoms with Crippen molar-refractivity contribution >= 4 is 31.6 Å². The number of nitrogens with two attached hydrogens (primary N) is 1. The molecule has 1 heterocycles. The molecule has 3 rings (SSSR count). The largest absolute Gasteiger partial charge is 0.479 e. The third-order valence-electron chi connectivity index (χ3n) is 4.15. The van der Waals surface area contributed by atoms with Crippen LogP contribution in [0.4, 0.5) is 5.69 Å². The van der Waals surface area contributed by atoms with Gasteiger partial charge in [-0.25, -0.2) is 26.7 Å². The molecule has 11 heteroatoms. The summed E-state index contributed by atoms with van der Waals surface area (Å²) in [7, 11) is -7.57. The molecule has 0 spiro atoms. The van der Waals surface area contributed by atoms with Crippen molar-refractivity contribution in [1.82, 2.24) is 4.72 Å². The molecule has 28 heavy (non-hydrogen) atoms. The Hall–Kier alpha value is -2.47. The number of primary sulfonamides is 1. The van der Waals surface area contributed by atoms with E-state index in [1.54, 1.807) is 19.1 Å². The SMILES string of the molecule is CC1Oc2ccc(S(=O)(=O)NCCc3ccc(S(N)(=O)=O)cc3)cc2NC1=O. The van der Waals surface area contributed by atoms with Gasteiger partial charge in [-0.1, -0.05) is 12.1 Å². The standard InChI is InChI=1S/C17H19N3O6S2/c1-11-17(21)20-15-10-14(6-7-16(15)26-11)28(24,25)19-9-8-12-2-4-13(5-3-12)27(18,22)23/h2-7,10-11,19H,8-9H2,1H3,(H,20,21)(H2,18,22,23). The van der Waals surface area contributed by atoms with E-state index in [2.05, 4.69) is 10.0 Å². The van der Waals surface area contributed by atoms with Crippen LogP contribution in [-0.2, 0) is 31.3 Å². The third kappa shape index (κ3) is 4.50. The van der Waals surface area contributed by atoms with Crippen LogP contribution in [0.2, 0.25) is 0 Å². The van der Waals surface area contributed by atoms with Crippen molar-refractivity contribution in [1.29, 1.82) is 0 Å². The van der Waals surface area contributed by atoms with Crippen molar-refractivity contribution in [3.05, 3.63) is 48.0 Å². The van der Waals surface area contributed by atoms with E-state index in [4.69, 9.17) is 9.88 Å². The predicted molar refractivity (Wildman–Crippen MR) is 102 cm³/mol. The molecule has 1 aliphatic heterocycles. The second-order valence-corrected chi connectivity index (χ2v) is 9.57. The number of hydrogen-bond donors (Lipinski definition) is 3. The number of amides is 1. The van der Waals surface area contributed by atoms with Crippen LogP contribution in [0.15, 0.2) is 52.3 Å². The van der Waals surface area contributed by atoms with Gasteiger partial charge in [-0.05, 0) is 49.2 Å². The van der Waals surface area contributed by atoms with E-state index in [1.807, 2.05) is 0 Å². The summed E-state index contributed by atoms with van der Waals surface area (Å²) in [6, 6.07) is 10.1. The van der Waals surface area contributed by atoms with Gasteiger partial charge in [0.05, 0.1) is 15.5 Å². The van der Waals surface area contributed by atoms with Crippen molar-refractivity contribution in [2.75, 3.05) is 11.9 Å². The summed E-state index contributed by atoms with van der Waals surface area (Å²) in [6.45, 7) is 1.70. The van der Waals surface area contributed by atoms with Gasteiger partial charge >= 0.3 is 0 Å². The molecular weight excluding hydrogens is 406 g/mol. The first-order valence-corrected chi connectivity index (χ1v) is 11.3. The normalized spacial score (nSPS) is 16.8. The Labute approximate surface area is 163 Å². The van der Waals surface area contributed by atoms with E-state index < -0.39 is 26.2 Å². The first-order chi connectivity index (χ1) is 13.1. The van der Waals surface area contributed by atoms with Crippen LogP contribution in [0.1, 0.15) is 12.5 Å². The first kappa shape index (κ1) is 20.3. The van der Waals surface area contributed by atoms with E-state index in [0.717, 1.165) is 5.56 Å². The van der Waals surface area contributed by atoms with Gasteiger partial charge in [-0.15, -0.1) is 0 Å². The molecule has 9 nitrogen and oxygen atoms in total. The van der Waals surface area contributed by atoms with Gasteiger partial charge in [0.15, 0.2) is 6.10 Å². The van der Waals surface area contributed by atoms with Crippen LogP contribution in [-0.4, -0.2) is 35.4 Å². The smallest absolute Gasteiger partial charge is 0.265 e. The third-order valence-corrected chi connectivity index (χ3v) is 6.54. The number of rotatable bonds is 6. The van der Waals surface area contributed by atoms with Gasteiger partial charge in [0.1, 0.15) is 5.75 Å². The van der Waals surface area contributed by atoms with Gasteiger partial charge in [0, 0.05) is 6.54 Å². The highest BCUT2D eigenvalue weighted by atomic mass is 32.2. The van der Waals surface area contributed by atoms with Crippen molar-refractivity contribution in [2.45, 2.75) is 29.2 Å². The topological polar surface area (TPSA) is 145 Å². The molecular formula is C17H19N3O6S2. The lowest BCUT2D eigenvalue weighted by atomic mass is 10.2. The van der Waals surface area contributed by atoms with Crippen molar-refractivity contribution in [2.24, 2.45) is 5.14 Å². The monoisotopic (exact) mass is 425 g/mol. The molecule has 0 bridgehead atoms. The zero-order chi connectivity index (χ0) is 20.5. The Morgan fingerprint density at radius 3 is 2.36 bits per heavy atom. The summed E-state index contributed by atoms with van der Waals surface area (Å²) in [5, 5.41) is 7.64. The highest BCUT2D eigenvalue weighted by Gasteiger charge is 2.25. The number of hydrogen-bond acceptors (Lipinski definition) is 6. The van der Waals surface area contributed by atoms with Crippen molar-refractivity contribution in [3.8, 4) is 5.75 Å². The average Bonchev–Trinajstić information content (AvgIpc) is 2.62.